The number of carbonyl (C=O) groups excluding carboxylic acids is 3. The van der Waals surface area contributed by atoms with E-state index in [9.17, 15) is 80.5 Å². The standard InChI is InChI=1S/C68H94O27/c1-31(70)87-30-68-35(25-63(2,3)55(54(68)80)95-60-49(79)50(91-58(84)33-17-13-10-14-18-33)38(29-86-60)88-57(83)32-15-11-9-12-16-32)34-19-20-40-65(6)23-22-42(64(4,5)39(65)21-24-66(40,7)67(34,8)26-41(68)72)90-62-53(94-61-47(77)45(75)44(74)37(27-69)89-61)51(48(78)52(93-62)56(81)82)92-59-46(76)43(73)36(71)28-85-59/h9-19,35-55,59-62,69,71-80H,20-30H2,1-8H3,(H,81,82). The Balaban J connectivity index is 0.867. The number of hydrogen-bond donors (Lipinski definition) is 12. The molecular weight excluding hydrogens is 1250 g/mol. The highest BCUT2D eigenvalue weighted by molar-refractivity contribution is 5.90. The highest BCUT2D eigenvalue weighted by Crippen LogP contribution is 2.76. The molecule has 95 heavy (non-hydrogen) atoms. The Morgan fingerprint density at radius 3 is 1.84 bits per heavy atom. The van der Waals surface area contributed by atoms with Gasteiger partial charge in [-0.3, -0.25) is 4.79 Å². The zero-order chi connectivity index (χ0) is 68.8. The minimum Gasteiger partial charge on any atom is -0.479 e. The Morgan fingerprint density at radius 2 is 1.21 bits per heavy atom. The predicted molar refractivity (Wildman–Crippen MR) is 324 cm³/mol. The third-order valence-electron chi connectivity index (χ3n) is 23.7. The number of rotatable bonds is 16. The second kappa shape index (κ2) is 27.1. The van der Waals surface area contributed by atoms with Crippen LogP contribution in [-0.4, -0.2) is 247 Å². The lowest BCUT2D eigenvalue weighted by atomic mass is 9.33. The zero-order valence-electron chi connectivity index (χ0n) is 54.6. The maximum atomic E-state index is 13.7. The summed E-state index contributed by atoms with van der Waals surface area (Å²) in [6.45, 7) is 13.6. The first-order valence-corrected chi connectivity index (χ1v) is 32.9. The second-order valence-corrected chi connectivity index (χ2v) is 29.8. The molecule has 0 radical (unpaired) electrons. The van der Waals surface area contributed by atoms with Crippen LogP contribution in [0.5, 0.6) is 0 Å². The summed E-state index contributed by atoms with van der Waals surface area (Å²) in [4.78, 5) is 53.0. The molecule has 4 saturated heterocycles. The lowest BCUT2D eigenvalue weighted by Crippen LogP contribution is -2.72. The van der Waals surface area contributed by atoms with Crippen LogP contribution in [-0.2, 0) is 61.7 Å². The van der Waals surface area contributed by atoms with Crippen LogP contribution in [0.3, 0.4) is 0 Å². The topological polar surface area (TPSA) is 413 Å². The number of ether oxygens (including phenoxy) is 11. The molecule has 528 valence electrons. The SMILES string of the molecule is CC(=O)OCC12C(O)CC3(C)C(=CCC4C5(C)CCC(OC6OC(C(=O)O)C(O)C(OC7OCC(O)C(O)C7O)C6OC6OC(CO)C(O)C(O)C6O)C(C)(C)C5CCC43C)C1CC(C)(C)C(OC1OCC(OC(=O)c3ccccc3)C(OC(=O)c3ccccc3)C1O)C2O. The van der Waals surface area contributed by atoms with Gasteiger partial charge in [0.25, 0.3) is 0 Å². The molecule has 0 amide bonds. The van der Waals surface area contributed by atoms with Gasteiger partial charge in [-0.05, 0) is 114 Å². The van der Waals surface area contributed by atoms with Crippen LogP contribution in [0, 0.1) is 50.2 Å². The number of hydrogen-bond acceptors (Lipinski definition) is 26. The highest BCUT2D eigenvalue weighted by atomic mass is 16.8. The molecule has 2 aromatic rings. The van der Waals surface area contributed by atoms with E-state index in [-0.39, 0.29) is 35.8 Å². The minimum absolute atomic E-state index is 0.0496. The number of esters is 3. The fourth-order valence-corrected chi connectivity index (χ4v) is 18.4. The fraction of sp³-hybridized carbons (Fsp3) is 0.735. The smallest absolute Gasteiger partial charge is 0.338 e. The van der Waals surface area contributed by atoms with E-state index in [1.165, 1.54) is 19.1 Å². The molecule has 29 atom stereocenters. The normalized spacial score (nSPS) is 46.1. The van der Waals surface area contributed by atoms with Crippen LogP contribution in [0.25, 0.3) is 0 Å². The number of aliphatic hydroxyl groups is 11. The molecule has 0 bridgehead atoms. The van der Waals surface area contributed by atoms with Gasteiger partial charge in [0.2, 0.25) is 0 Å². The number of fused-ring (bicyclic) bond motifs is 7. The van der Waals surface area contributed by atoms with Crippen LogP contribution in [0.1, 0.15) is 121 Å². The number of aliphatic carboxylic acids is 1. The van der Waals surface area contributed by atoms with Crippen molar-refractivity contribution in [3.63, 3.8) is 0 Å². The Morgan fingerprint density at radius 1 is 0.600 bits per heavy atom. The Hall–Kier alpha value is -4.70. The molecule has 4 aliphatic heterocycles. The van der Waals surface area contributed by atoms with Crippen LogP contribution >= 0.6 is 0 Å². The molecule has 12 N–H and O–H groups in total. The largest absolute Gasteiger partial charge is 0.479 e. The molecule has 11 rings (SSSR count). The highest BCUT2D eigenvalue weighted by Gasteiger charge is 2.74. The first-order chi connectivity index (χ1) is 44.7. The molecule has 0 spiro atoms. The van der Waals surface area contributed by atoms with Gasteiger partial charge in [-0.15, -0.1) is 0 Å². The van der Waals surface area contributed by atoms with Crippen molar-refractivity contribution in [1.29, 1.82) is 0 Å². The van der Waals surface area contributed by atoms with Gasteiger partial charge in [-0.1, -0.05) is 96.5 Å². The first kappa shape index (κ1) is 71.6. The van der Waals surface area contributed by atoms with E-state index in [4.69, 9.17) is 52.1 Å². The Labute approximate surface area is 550 Å². The Bertz CT molecular complexity index is 3100. The van der Waals surface area contributed by atoms with Crippen LogP contribution in [0.4, 0.5) is 0 Å². The van der Waals surface area contributed by atoms with Crippen molar-refractivity contribution < 1.29 is 133 Å². The van der Waals surface area contributed by atoms with Crippen molar-refractivity contribution in [2.75, 3.05) is 26.4 Å². The summed E-state index contributed by atoms with van der Waals surface area (Å²) in [7, 11) is 0. The minimum atomic E-state index is -2.14. The maximum absolute atomic E-state index is 13.7. The zero-order valence-corrected chi connectivity index (χ0v) is 54.6. The molecular formula is C68H94O27. The molecule has 4 saturated carbocycles. The summed E-state index contributed by atoms with van der Waals surface area (Å²) in [5, 5.41) is 136. The van der Waals surface area contributed by atoms with Crippen LogP contribution < -0.4 is 0 Å². The number of carbonyl (C=O) groups is 4. The van der Waals surface area contributed by atoms with E-state index in [1.807, 2.05) is 27.7 Å². The van der Waals surface area contributed by atoms with Gasteiger partial charge < -0.3 is 113 Å². The third kappa shape index (κ3) is 12.5. The van der Waals surface area contributed by atoms with Crippen LogP contribution in [0.15, 0.2) is 72.3 Å². The van der Waals surface area contributed by atoms with E-state index in [0.29, 0.717) is 32.1 Å². The van der Waals surface area contributed by atoms with Crippen molar-refractivity contribution in [1.82, 2.24) is 0 Å². The molecule has 0 aromatic heterocycles. The van der Waals surface area contributed by atoms with Crippen molar-refractivity contribution in [2.24, 2.45) is 50.2 Å². The molecule has 27 nitrogen and oxygen atoms in total. The number of aliphatic hydroxyl groups excluding tert-OH is 11. The summed E-state index contributed by atoms with van der Waals surface area (Å²) >= 11 is 0. The van der Waals surface area contributed by atoms with Gasteiger partial charge in [-0.25, -0.2) is 14.4 Å². The summed E-state index contributed by atoms with van der Waals surface area (Å²) in [5.41, 5.74) is -3.71. The molecule has 2 aromatic carbocycles. The van der Waals surface area contributed by atoms with Gasteiger partial charge in [0.1, 0.15) is 73.8 Å². The van der Waals surface area contributed by atoms with Crippen LogP contribution in [0.2, 0.25) is 0 Å². The number of carboxylic acids is 1. The van der Waals surface area contributed by atoms with Gasteiger partial charge in [0.15, 0.2) is 43.5 Å². The molecule has 29 unspecified atom stereocenters. The van der Waals surface area contributed by atoms with E-state index in [0.717, 1.165) is 5.57 Å². The van der Waals surface area contributed by atoms with Crippen molar-refractivity contribution in [2.45, 2.75) is 235 Å². The first-order valence-electron chi connectivity index (χ1n) is 32.9. The van der Waals surface area contributed by atoms with Gasteiger partial charge in [-0.2, -0.15) is 0 Å². The summed E-state index contributed by atoms with van der Waals surface area (Å²) < 4.78 is 67.1. The number of benzene rings is 2. The second-order valence-electron chi connectivity index (χ2n) is 29.8. The lowest BCUT2D eigenvalue weighted by molar-refractivity contribution is -0.392. The quantitative estimate of drug-likeness (QED) is 0.0483. The van der Waals surface area contributed by atoms with Crippen molar-refractivity contribution in [3.05, 3.63) is 83.4 Å². The summed E-state index contributed by atoms with van der Waals surface area (Å²) in [5.74, 6) is -4.67. The predicted octanol–water partition coefficient (Wildman–Crippen LogP) is 1.02. The van der Waals surface area contributed by atoms with E-state index < -0.39 is 224 Å². The summed E-state index contributed by atoms with van der Waals surface area (Å²) in [6.07, 6.45) is -31.8. The monoisotopic (exact) mass is 1340 g/mol. The fourth-order valence-electron chi connectivity index (χ4n) is 18.4. The molecule has 8 fully saturated rings. The number of allylic oxidation sites excluding steroid dienone is 2. The van der Waals surface area contributed by atoms with Crippen molar-refractivity contribution in [3.8, 4) is 0 Å². The van der Waals surface area contributed by atoms with E-state index in [2.05, 4.69) is 26.8 Å². The summed E-state index contributed by atoms with van der Waals surface area (Å²) in [6, 6.07) is 16.2. The third-order valence-corrected chi connectivity index (χ3v) is 23.7. The molecule has 9 aliphatic rings. The Kier molecular flexibility index (Phi) is 20.4. The molecule has 5 aliphatic carbocycles. The van der Waals surface area contributed by atoms with Crippen molar-refractivity contribution >= 4 is 23.9 Å². The molecule has 4 heterocycles. The number of carboxylic acid groups (broad SMARTS) is 1. The van der Waals surface area contributed by atoms with Gasteiger partial charge in [0.05, 0.1) is 60.8 Å². The molecule has 27 heteroatoms. The van der Waals surface area contributed by atoms with E-state index >= 15 is 0 Å². The van der Waals surface area contributed by atoms with Gasteiger partial charge in [0, 0.05) is 6.92 Å². The maximum Gasteiger partial charge on any atom is 0.338 e. The van der Waals surface area contributed by atoms with Gasteiger partial charge >= 0.3 is 23.9 Å². The average Bonchev–Trinajstić information content (AvgIpc) is 0.667. The van der Waals surface area contributed by atoms with E-state index in [1.54, 1.807) is 48.5 Å². The average molecular weight is 1340 g/mol. The lowest BCUT2D eigenvalue weighted by Gasteiger charge is -2.72.